The number of fused-ring (bicyclic) bond motifs is 1. The molecule has 0 amide bonds. The van der Waals surface area contributed by atoms with Crippen LogP contribution in [0.3, 0.4) is 0 Å². The van der Waals surface area contributed by atoms with E-state index in [9.17, 15) is 0 Å². The summed E-state index contributed by atoms with van der Waals surface area (Å²) < 4.78 is 12.2. The Morgan fingerprint density at radius 1 is 0.967 bits per heavy atom. The standard InChI is InChI=1S/C21H20N6O2S/c1-28-16-8-4-14(5-9-16)12-24-25-19-18-20(23-13-22-19)27(26-21(18)30-3)15-6-10-17(29-2)11-7-15/h4-13H,1-3H3,(H,22,23,25)/b24-12+. The van der Waals surface area contributed by atoms with E-state index in [2.05, 4.69) is 20.5 Å². The van der Waals surface area contributed by atoms with E-state index >= 15 is 0 Å². The van der Waals surface area contributed by atoms with E-state index in [1.807, 2.05) is 54.8 Å². The van der Waals surface area contributed by atoms with E-state index in [0.29, 0.717) is 11.5 Å². The fourth-order valence-corrected chi connectivity index (χ4v) is 3.47. The van der Waals surface area contributed by atoms with Crippen LogP contribution in [0.25, 0.3) is 16.7 Å². The average Bonchev–Trinajstić information content (AvgIpc) is 3.19. The van der Waals surface area contributed by atoms with Gasteiger partial charge in [-0.2, -0.15) is 10.2 Å². The van der Waals surface area contributed by atoms with Crippen molar-refractivity contribution in [1.82, 2.24) is 19.7 Å². The van der Waals surface area contributed by atoms with Gasteiger partial charge in [0.25, 0.3) is 0 Å². The first-order valence-electron chi connectivity index (χ1n) is 9.08. The van der Waals surface area contributed by atoms with Crippen molar-refractivity contribution in [2.45, 2.75) is 5.03 Å². The van der Waals surface area contributed by atoms with Crippen molar-refractivity contribution in [2.75, 3.05) is 25.9 Å². The van der Waals surface area contributed by atoms with Crippen LogP contribution in [-0.4, -0.2) is 46.4 Å². The van der Waals surface area contributed by atoms with Crippen molar-refractivity contribution in [3.63, 3.8) is 0 Å². The molecule has 4 rings (SSSR count). The summed E-state index contributed by atoms with van der Waals surface area (Å²) in [5.41, 5.74) is 5.54. The Labute approximate surface area is 177 Å². The van der Waals surface area contributed by atoms with Crippen LogP contribution in [0.5, 0.6) is 11.5 Å². The molecule has 0 aliphatic heterocycles. The van der Waals surface area contributed by atoms with Crippen molar-refractivity contribution >= 4 is 34.8 Å². The largest absolute Gasteiger partial charge is 0.497 e. The molecule has 0 aliphatic rings. The lowest BCUT2D eigenvalue weighted by atomic mass is 10.2. The van der Waals surface area contributed by atoms with E-state index in [1.54, 1.807) is 25.1 Å². The minimum absolute atomic E-state index is 0.592. The maximum absolute atomic E-state index is 5.24. The number of ether oxygens (including phenoxy) is 2. The number of methoxy groups -OCH3 is 2. The van der Waals surface area contributed by atoms with Crippen LogP contribution in [0.2, 0.25) is 0 Å². The molecule has 0 saturated carbocycles. The van der Waals surface area contributed by atoms with Gasteiger partial charge in [-0.05, 0) is 60.4 Å². The van der Waals surface area contributed by atoms with Crippen molar-refractivity contribution in [3.8, 4) is 17.2 Å². The number of nitrogens with one attached hydrogen (secondary N) is 1. The number of rotatable bonds is 7. The molecule has 2 heterocycles. The second-order valence-electron chi connectivity index (χ2n) is 6.18. The number of nitrogens with zero attached hydrogens (tertiary/aromatic N) is 5. The molecular formula is C21H20N6O2S. The van der Waals surface area contributed by atoms with Gasteiger partial charge in [-0.25, -0.2) is 14.6 Å². The van der Waals surface area contributed by atoms with Crippen molar-refractivity contribution < 1.29 is 9.47 Å². The third kappa shape index (κ3) is 3.92. The molecule has 0 unspecified atom stereocenters. The predicted molar refractivity (Wildman–Crippen MR) is 119 cm³/mol. The zero-order valence-electron chi connectivity index (χ0n) is 16.7. The van der Waals surface area contributed by atoms with Crippen LogP contribution in [-0.2, 0) is 0 Å². The molecule has 8 nitrogen and oxygen atoms in total. The third-order valence-corrected chi connectivity index (χ3v) is 5.12. The summed E-state index contributed by atoms with van der Waals surface area (Å²) in [6.45, 7) is 0. The zero-order valence-corrected chi connectivity index (χ0v) is 17.6. The number of benzene rings is 2. The highest BCUT2D eigenvalue weighted by Crippen LogP contribution is 2.31. The highest BCUT2D eigenvalue weighted by atomic mass is 32.2. The summed E-state index contributed by atoms with van der Waals surface area (Å²) in [4.78, 5) is 8.82. The predicted octanol–water partition coefficient (Wildman–Crippen LogP) is 4.00. The maximum Gasteiger partial charge on any atom is 0.169 e. The van der Waals surface area contributed by atoms with Gasteiger partial charge in [-0.1, -0.05) is 0 Å². The summed E-state index contributed by atoms with van der Waals surface area (Å²) in [6.07, 6.45) is 5.19. The van der Waals surface area contributed by atoms with Gasteiger partial charge in [-0.15, -0.1) is 11.8 Å². The van der Waals surface area contributed by atoms with Crippen LogP contribution in [0.15, 0.2) is 65.0 Å². The molecule has 30 heavy (non-hydrogen) atoms. The van der Waals surface area contributed by atoms with E-state index in [1.165, 1.54) is 18.1 Å². The van der Waals surface area contributed by atoms with E-state index < -0.39 is 0 Å². The maximum atomic E-state index is 5.24. The number of hydrogen-bond acceptors (Lipinski definition) is 8. The van der Waals surface area contributed by atoms with Crippen LogP contribution in [0.1, 0.15) is 5.56 Å². The number of hydrogen-bond donors (Lipinski definition) is 1. The molecule has 2 aromatic heterocycles. The van der Waals surface area contributed by atoms with Crippen LogP contribution in [0, 0.1) is 0 Å². The molecule has 0 saturated heterocycles. The Kier molecular flexibility index (Phi) is 5.80. The minimum Gasteiger partial charge on any atom is -0.497 e. The summed E-state index contributed by atoms with van der Waals surface area (Å²) in [5.74, 6) is 2.17. The van der Waals surface area contributed by atoms with Gasteiger partial charge in [0.05, 0.1) is 31.5 Å². The Hall–Kier alpha value is -3.59. The Morgan fingerprint density at radius 2 is 1.63 bits per heavy atom. The highest BCUT2D eigenvalue weighted by molar-refractivity contribution is 7.98. The fraction of sp³-hybridized carbons (Fsp3) is 0.143. The number of anilines is 1. The van der Waals surface area contributed by atoms with Gasteiger partial charge in [0, 0.05) is 0 Å². The molecule has 1 N–H and O–H groups in total. The topological polar surface area (TPSA) is 86.5 Å². The van der Waals surface area contributed by atoms with Crippen molar-refractivity contribution in [2.24, 2.45) is 5.10 Å². The molecule has 0 bridgehead atoms. The quantitative estimate of drug-likeness (QED) is 0.275. The minimum atomic E-state index is 0.592. The lowest BCUT2D eigenvalue weighted by Gasteiger charge is -2.05. The van der Waals surface area contributed by atoms with Gasteiger partial charge < -0.3 is 9.47 Å². The van der Waals surface area contributed by atoms with Gasteiger partial charge in [-0.3, -0.25) is 5.43 Å². The molecular weight excluding hydrogens is 400 g/mol. The number of aromatic nitrogens is 4. The summed E-state index contributed by atoms with van der Waals surface area (Å²) in [5, 5.41) is 10.7. The molecule has 0 aliphatic carbocycles. The first kappa shape index (κ1) is 19.7. The fourth-order valence-electron chi connectivity index (χ4n) is 2.91. The molecule has 0 fully saturated rings. The Balaban J connectivity index is 1.66. The van der Waals surface area contributed by atoms with Gasteiger partial charge >= 0.3 is 0 Å². The second-order valence-corrected chi connectivity index (χ2v) is 6.98. The molecule has 4 aromatic rings. The summed E-state index contributed by atoms with van der Waals surface area (Å²) in [6, 6.07) is 15.3. The van der Waals surface area contributed by atoms with Gasteiger partial charge in [0.1, 0.15) is 22.9 Å². The first-order valence-corrected chi connectivity index (χ1v) is 10.3. The van der Waals surface area contributed by atoms with Crippen LogP contribution < -0.4 is 14.9 Å². The molecule has 2 aromatic carbocycles. The lowest BCUT2D eigenvalue weighted by Crippen LogP contribution is -1.99. The SMILES string of the molecule is COc1ccc(/C=N/Nc2ncnc3c2c(SC)nn3-c2ccc(OC)cc2)cc1. The van der Waals surface area contributed by atoms with E-state index in [4.69, 9.17) is 14.6 Å². The first-order chi connectivity index (χ1) is 14.7. The monoisotopic (exact) mass is 420 g/mol. The molecule has 0 atom stereocenters. The van der Waals surface area contributed by atoms with Crippen molar-refractivity contribution in [1.29, 1.82) is 0 Å². The van der Waals surface area contributed by atoms with Crippen molar-refractivity contribution in [3.05, 3.63) is 60.4 Å². The highest BCUT2D eigenvalue weighted by Gasteiger charge is 2.17. The van der Waals surface area contributed by atoms with Crippen LogP contribution in [0.4, 0.5) is 5.82 Å². The smallest absolute Gasteiger partial charge is 0.169 e. The third-order valence-electron chi connectivity index (χ3n) is 4.44. The zero-order chi connectivity index (χ0) is 20.9. The number of thioether (sulfide) groups is 1. The molecule has 0 spiro atoms. The molecule has 152 valence electrons. The Morgan fingerprint density at radius 3 is 2.27 bits per heavy atom. The van der Waals surface area contributed by atoms with Gasteiger partial charge in [0.15, 0.2) is 11.5 Å². The number of hydrazone groups is 1. The molecule has 0 radical (unpaired) electrons. The van der Waals surface area contributed by atoms with Crippen LogP contribution >= 0.6 is 11.8 Å². The lowest BCUT2D eigenvalue weighted by molar-refractivity contribution is 0.414. The van der Waals surface area contributed by atoms with E-state index in [0.717, 1.165) is 33.2 Å². The van der Waals surface area contributed by atoms with Gasteiger partial charge in [0.2, 0.25) is 0 Å². The molecule has 9 heteroatoms. The summed E-state index contributed by atoms with van der Waals surface area (Å²) in [7, 11) is 3.28. The van der Waals surface area contributed by atoms with E-state index in [-0.39, 0.29) is 0 Å². The average molecular weight is 420 g/mol. The Bertz CT molecular complexity index is 1170. The normalized spacial score (nSPS) is 11.2. The summed E-state index contributed by atoms with van der Waals surface area (Å²) >= 11 is 1.53. The second kappa shape index (κ2) is 8.83.